The zero-order valence-corrected chi connectivity index (χ0v) is 12.2. The van der Waals surface area contributed by atoms with Crippen LogP contribution in [0, 0.1) is 0 Å². The molecule has 2 heterocycles. The first-order valence-corrected chi connectivity index (χ1v) is 6.64. The van der Waals surface area contributed by atoms with Gasteiger partial charge in [0.1, 0.15) is 18.1 Å². The third-order valence-corrected chi connectivity index (χ3v) is 3.73. The van der Waals surface area contributed by atoms with Crippen molar-refractivity contribution in [1.82, 2.24) is 4.57 Å². The molecular weight excluding hydrogens is 294 g/mol. The predicted octanol–water partition coefficient (Wildman–Crippen LogP) is 2.59. The van der Waals surface area contributed by atoms with E-state index in [-0.39, 0.29) is 12.4 Å². The fraction of sp³-hybridized carbons (Fsp3) is 0.200. The van der Waals surface area contributed by atoms with E-state index in [1.807, 2.05) is 0 Å². The summed E-state index contributed by atoms with van der Waals surface area (Å²) in [6.07, 6.45) is 0. The van der Waals surface area contributed by atoms with Crippen LogP contribution < -0.4 is 4.74 Å². The van der Waals surface area contributed by atoms with Gasteiger partial charge in [-0.2, -0.15) is 0 Å². The number of fused-ring (bicyclic) bond motifs is 2. The second kappa shape index (κ2) is 4.93. The highest BCUT2D eigenvalue weighted by atomic mass is 35.5. The summed E-state index contributed by atoms with van der Waals surface area (Å²) in [5.41, 5.74) is 1.82. The van der Waals surface area contributed by atoms with Gasteiger partial charge < -0.3 is 14.0 Å². The largest absolute Gasteiger partial charge is 0.488 e. The van der Waals surface area contributed by atoms with Crippen molar-refractivity contribution in [3.05, 3.63) is 51.8 Å². The Morgan fingerprint density at radius 2 is 2.14 bits per heavy atom. The van der Waals surface area contributed by atoms with Gasteiger partial charge in [-0.05, 0) is 24.3 Å². The van der Waals surface area contributed by atoms with E-state index in [1.165, 1.54) is 11.7 Å². The number of methoxy groups -OCH3 is 1. The summed E-state index contributed by atoms with van der Waals surface area (Å²) in [4.78, 5) is 24.4. The predicted molar refractivity (Wildman–Crippen MR) is 76.0 cm³/mol. The molecule has 0 aliphatic carbocycles. The van der Waals surface area contributed by atoms with Gasteiger partial charge in [-0.15, -0.1) is 0 Å². The number of hydrogen-bond donors (Lipinski definition) is 0. The van der Waals surface area contributed by atoms with Gasteiger partial charge in [0.15, 0.2) is 0 Å². The molecule has 0 saturated heterocycles. The van der Waals surface area contributed by atoms with Crippen molar-refractivity contribution in [1.29, 1.82) is 0 Å². The summed E-state index contributed by atoms with van der Waals surface area (Å²) in [6.45, 7) is 0.194. The van der Waals surface area contributed by atoms with Crippen molar-refractivity contribution in [3.63, 3.8) is 0 Å². The molecule has 5 nitrogen and oxygen atoms in total. The van der Waals surface area contributed by atoms with E-state index in [9.17, 15) is 9.59 Å². The topological polar surface area (TPSA) is 57.5 Å². The summed E-state index contributed by atoms with van der Waals surface area (Å²) in [5, 5.41) is 0.503. The maximum absolute atomic E-state index is 12.7. The molecule has 108 valence electrons. The van der Waals surface area contributed by atoms with Crippen LogP contribution in [0.5, 0.6) is 5.75 Å². The van der Waals surface area contributed by atoms with Crippen LogP contribution in [0.4, 0.5) is 0 Å². The quantitative estimate of drug-likeness (QED) is 0.760. The molecule has 0 amide bonds. The third kappa shape index (κ3) is 2.10. The van der Waals surface area contributed by atoms with Crippen LogP contribution in [0.1, 0.15) is 32.1 Å². The molecule has 1 aliphatic rings. The van der Waals surface area contributed by atoms with Crippen LogP contribution in [0.3, 0.4) is 0 Å². The van der Waals surface area contributed by atoms with Gasteiger partial charge in [0.2, 0.25) is 5.78 Å². The molecule has 1 aromatic carbocycles. The Balaban J connectivity index is 2.16. The molecule has 21 heavy (non-hydrogen) atoms. The zero-order valence-electron chi connectivity index (χ0n) is 11.5. The number of halogens is 1. The number of carbonyl (C=O) groups excluding carboxylic acids is 2. The van der Waals surface area contributed by atoms with E-state index >= 15 is 0 Å². The minimum Gasteiger partial charge on any atom is -0.488 e. The lowest BCUT2D eigenvalue weighted by atomic mass is 10.1. The monoisotopic (exact) mass is 305 g/mol. The smallest absolute Gasteiger partial charge is 0.354 e. The maximum atomic E-state index is 12.7. The summed E-state index contributed by atoms with van der Waals surface area (Å²) in [7, 11) is 2.96. The Morgan fingerprint density at radius 1 is 1.38 bits per heavy atom. The van der Waals surface area contributed by atoms with E-state index in [4.69, 9.17) is 21.1 Å². The Bertz CT molecular complexity index is 763. The van der Waals surface area contributed by atoms with Gasteiger partial charge >= 0.3 is 5.97 Å². The molecule has 0 unspecified atom stereocenters. The fourth-order valence-electron chi connectivity index (χ4n) is 2.46. The Hall–Kier alpha value is -2.27. The van der Waals surface area contributed by atoms with E-state index in [0.717, 1.165) is 0 Å². The van der Waals surface area contributed by atoms with Crippen molar-refractivity contribution in [3.8, 4) is 5.75 Å². The van der Waals surface area contributed by atoms with Crippen molar-refractivity contribution in [2.75, 3.05) is 7.11 Å². The number of nitrogens with zero attached hydrogens (tertiary/aromatic N) is 1. The van der Waals surface area contributed by atoms with Crippen molar-refractivity contribution in [2.45, 2.75) is 6.61 Å². The summed E-state index contributed by atoms with van der Waals surface area (Å²) in [5.74, 6) is -0.246. The average Bonchev–Trinajstić information content (AvgIpc) is 2.73. The van der Waals surface area contributed by atoms with Crippen LogP contribution in [0.15, 0.2) is 24.3 Å². The van der Waals surface area contributed by atoms with Gasteiger partial charge in [0.05, 0.1) is 18.4 Å². The van der Waals surface area contributed by atoms with Gasteiger partial charge in [-0.3, -0.25) is 4.79 Å². The van der Waals surface area contributed by atoms with Crippen molar-refractivity contribution >= 4 is 23.4 Å². The number of hydrogen-bond acceptors (Lipinski definition) is 4. The molecule has 1 aliphatic heterocycles. The first kappa shape index (κ1) is 13.7. The van der Waals surface area contributed by atoms with Gasteiger partial charge in [-0.25, -0.2) is 4.79 Å². The second-order valence-electron chi connectivity index (χ2n) is 4.71. The SMILES string of the molecule is COC(=O)c1cc2c(n1C)C(=O)c1ccc(Cl)cc1OC2. The third-order valence-electron chi connectivity index (χ3n) is 3.49. The highest BCUT2D eigenvalue weighted by Crippen LogP contribution is 2.32. The van der Waals surface area contributed by atoms with Crippen LogP contribution in [0.25, 0.3) is 0 Å². The molecule has 2 aromatic rings. The number of aromatic nitrogens is 1. The lowest BCUT2D eigenvalue weighted by molar-refractivity contribution is 0.0590. The Labute approximate surface area is 126 Å². The highest BCUT2D eigenvalue weighted by molar-refractivity contribution is 6.31. The summed E-state index contributed by atoms with van der Waals surface area (Å²) >= 11 is 5.92. The van der Waals surface area contributed by atoms with Crippen LogP contribution >= 0.6 is 11.6 Å². The molecule has 0 bridgehead atoms. The number of carbonyl (C=O) groups is 2. The number of ketones is 1. The molecule has 0 N–H and O–H groups in total. The van der Waals surface area contributed by atoms with Crippen LogP contribution in [-0.2, 0) is 18.4 Å². The van der Waals surface area contributed by atoms with E-state index in [1.54, 1.807) is 31.3 Å². The van der Waals surface area contributed by atoms with Gasteiger partial charge in [0, 0.05) is 17.6 Å². The molecule has 0 saturated carbocycles. The van der Waals surface area contributed by atoms with Crippen molar-refractivity contribution in [2.24, 2.45) is 7.05 Å². The van der Waals surface area contributed by atoms with Gasteiger partial charge in [0.25, 0.3) is 0 Å². The van der Waals surface area contributed by atoms with E-state index < -0.39 is 5.97 Å². The molecular formula is C15H12ClNO4. The van der Waals surface area contributed by atoms with Crippen molar-refractivity contribution < 1.29 is 19.1 Å². The molecule has 1 aromatic heterocycles. The molecule has 0 fully saturated rings. The maximum Gasteiger partial charge on any atom is 0.354 e. The summed E-state index contributed by atoms with van der Waals surface area (Å²) in [6, 6.07) is 6.49. The number of esters is 1. The molecule has 0 atom stereocenters. The lowest BCUT2D eigenvalue weighted by Crippen LogP contribution is -2.13. The molecule has 6 heteroatoms. The summed E-state index contributed by atoms with van der Waals surface area (Å²) < 4.78 is 11.9. The fourth-order valence-corrected chi connectivity index (χ4v) is 2.62. The molecule has 3 rings (SSSR count). The minimum atomic E-state index is -0.491. The molecule has 0 radical (unpaired) electrons. The number of ether oxygens (including phenoxy) is 2. The standard InChI is InChI=1S/C15H12ClNO4/c1-17-11(15(19)20-2)5-8-7-21-12-6-9(16)3-4-10(12)14(18)13(8)17/h3-6H,7H2,1-2H3. The van der Waals surface area contributed by atoms with Crippen LogP contribution in [-0.4, -0.2) is 23.4 Å². The molecule has 0 spiro atoms. The normalized spacial score (nSPS) is 13.0. The van der Waals surface area contributed by atoms with E-state index in [2.05, 4.69) is 0 Å². The zero-order chi connectivity index (χ0) is 15.1. The minimum absolute atomic E-state index is 0.194. The van der Waals surface area contributed by atoms with E-state index in [0.29, 0.717) is 33.3 Å². The number of rotatable bonds is 1. The highest BCUT2D eigenvalue weighted by Gasteiger charge is 2.28. The second-order valence-corrected chi connectivity index (χ2v) is 5.15. The number of benzene rings is 1. The average molecular weight is 306 g/mol. The first-order valence-electron chi connectivity index (χ1n) is 6.27. The lowest BCUT2D eigenvalue weighted by Gasteiger charge is -2.08. The first-order chi connectivity index (χ1) is 10.0. The Kier molecular flexibility index (Phi) is 3.22. The van der Waals surface area contributed by atoms with Gasteiger partial charge in [-0.1, -0.05) is 11.6 Å². The Morgan fingerprint density at radius 3 is 2.86 bits per heavy atom. The van der Waals surface area contributed by atoms with Crippen LogP contribution in [0.2, 0.25) is 5.02 Å².